The van der Waals surface area contributed by atoms with Crippen LogP contribution in [0.1, 0.15) is 37.0 Å². The van der Waals surface area contributed by atoms with Crippen LogP contribution in [0.15, 0.2) is 58.3 Å². The maximum absolute atomic E-state index is 14.0. The Kier molecular flexibility index (Phi) is 4.85. The number of ketones is 1. The van der Waals surface area contributed by atoms with Crippen molar-refractivity contribution in [3.05, 3.63) is 74.8 Å². The minimum Gasteiger partial charge on any atom is -0.362 e. The Bertz CT molecular complexity index is 1030. The van der Waals surface area contributed by atoms with E-state index in [1.165, 1.54) is 17.4 Å². The second-order valence-electron chi connectivity index (χ2n) is 6.86. The highest BCUT2D eigenvalue weighted by Gasteiger charge is 2.39. The summed E-state index contributed by atoms with van der Waals surface area (Å²) in [5.41, 5.74) is 2.37. The molecule has 144 valence electrons. The van der Waals surface area contributed by atoms with Crippen LogP contribution in [0.2, 0.25) is 0 Å². The third kappa shape index (κ3) is 3.26. The number of allylic oxidation sites excluding steroid dienone is 3. The van der Waals surface area contributed by atoms with Crippen molar-refractivity contribution in [1.82, 2.24) is 5.32 Å². The zero-order valence-electron chi connectivity index (χ0n) is 15.1. The number of thiophene rings is 1. The summed E-state index contributed by atoms with van der Waals surface area (Å²) in [7, 11) is 0. The number of Topliss-reactive ketones (excluding diaryl/α,β-unsaturated/α-hetero) is 1. The number of anilines is 1. The number of amides is 1. The van der Waals surface area contributed by atoms with Crippen molar-refractivity contribution in [3.8, 4) is 0 Å². The molecular formula is C21H18F2N2O2S. The van der Waals surface area contributed by atoms with Gasteiger partial charge in [0.15, 0.2) is 5.78 Å². The molecule has 2 N–H and O–H groups in total. The lowest BCUT2D eigenvalue weighted by molar-refractivity contribution is -0.116. The molecule has 0 spiro atoms. The lowest BCUT2D eigenvalue weighted by Gasteiger charge is -2.33. The molecule has 0 radical (unpaired) electrons. The Labute approximate surface area is 165 Å². The molecule has 0 bridgehead atoms. The van der Waals surface area contributed by atoms with E-state index in [2.05, 4.69) is 10.6 Å². The van der Waals surface area contributed by atoms with Crippen molar-refractivity contribution in [2.45, 2.75) is 32.1 Å². The van der Waals surface area contributed by atoms with Gasteiger partial charge in [0.1, 0.15) is 11.6 Å². The summed E-state index contributed by atoms with van der Waals surface area (Å²) in [5, 5.41) is 7.64. The topological polar surface area (TPSA) is 58.2 Å². The third-order valence-electron chi connectivity index (χ3n) is 5.03. The van der Waals surface area contributed by atoms with Gasteiger partial charge in [0, 0.05) is 39.9 Å². The number of dihydropyridines is 1. The highest BCUT2D eigenvalue weighted by Crippen LogP contribution is 2.43. The van der Waals surface area contributed by atoms with Gasteiger partial charge < -0.3 is 10.6 Å². The highest BCUT2D eigenvalue weighted by atomic mass is 32.1. The molecule has 0 fully saturated rings. The molecule has 0 saturated carbocycles. The molecule has 1 amide bonds. The molecule has 4 rings (SSSR count). The van der Waals surface area contributed by atoms with Crippen LogP contribution < -0.4 is 10.6 Å². The van der Waals surface area contributed by atoms with Crippen LogP contribution >= 0.6 is 11.3 Å². The van der Waals surface area contributed by atoms with Crippen molar-refractivity contribution in [3.63, 3.8) is 0 Å². The fourth-order valence-corrected chi connectivity index (χ4v) is 4.65. The number of nitrogens with one attached hydrogen (secondary N) is 2. The molecule has 1 aromatic heterocycles. The molecule has 2 aliphatic rings. The van der Waals surface area contributed by atoms with Gasteiger partial charge in [0.25, 0.3) is 5.91 Å². The first-order chi connectivity index (χ1) is 13.5. The van der Waals surface area contributed by atoms with E-state index < -0.39 is 23.5 Å². The number of benzene rings is 1. The fourth-order valence-electron chi connectivity index (χ4n) is 3.80. The summed E-state index contributed by atoms with van der Waals surface area (Å²) >= 11 is 1.47. The standard InChI is InChI=1S/C21H18F2N2O2S/c1-11-18(21(27)25-14-8-7-12(22)10-13(14)23)20(17-6-3-9-28-17)19-15(24-11)4-2-5-16(19)26/h3,6-10,20,24H,2,4-5H2,1H3,(H,25,27)/t20-/m1/s1. The minimum atomic E-state index is -0.850. The predicted molar refractivity (Wildman–Crippen MR) is 104 cm³/mol. The van der Waals surface area contributed by atoms with Crippen LogP contribution in [0.25, 0.3) is 0 Å². The first-order valence-corrected chi connectivity index (χ1v) is 9.87. The van der Waals surface area contributed by atoms with E-state index in [0.717, 1.165) is 35.5 Å². The van der Waals surface area contributed by atoms with Gasteiger partial charge in [0.2, 0.25) is 0 Å². The molecule has 7 heteroatoms. The Morgan fingerprint density at radius 1 is 1.25 bits per heavy atom. The van der Waals surface area contributed by atoms with Gasteiger partial charge >= 0.3 is 0 Å². The lowest BCUT2D eigenvalue weighted by Crippen LogP contribution is -2.35. The number of hydrogen-bond acceptors (Lipinski definition) is 4. The number of hydrogen-bond donors (Lipinski definition) is 2. The molecule has 0 unspecified atom stereocenters. The van der Waals surface area contributed by atoms with E-state index in [0.29, 0.717) is 23.3 Å². The van der Waals surface area contributed by atoms with Crippen molar-refractivity contribution in [2.24, 2.45) is 0 Å². The Morgan fingerprint density at radius 2 is 2.07 bits per heavy atom. The fraction of sp³-hybridized carbons (Fsp3) is 0.238. The smallest absolute Gasteiger partial charge is 0.254 e. The second kappa shape index (κ2) is 7.31. The van der Waals surface area contributed by atoms with Crippen molar-refractivity contribution in [1.29, 1.82) is 0 Å². The Balaban J connectivity index is 1.75. The molecule has 1 aliphatic heterocycles. The summed E-state index contributed by atoms with van der Waals surface area (Å²) in [6, 6.07) is 6.76. The van der Waals surface area contributed by atoms with E-state index in [1.54, 1.807) is 6.92 Å². The van der Waals surface area contributed by atoms with Crippen molar-refractivity contribution >= 4 is 28.7 Å². The van der Waals surface area contributed by atoms with Crippen LogP contribution in [-0.4, -0.2) is 11.7 Å². The first kappa shape index (κ1) is 18.6. The molecule has 2 heterocycles. The van der Waals surface area contributed by atoms with E-state index in [-0.39, 0.29) is 11.5 Å². The summed E-state index contributed by atoms with van der Waals surface area (Å²) in [4.78, 5) is 26.7. The van der Waals surface area contributed by atoms with E-state index in [1.807, 2.05) is 17.5 Å². The molecule has 4 nitrogen and oxygen atoms in total. The van der Waals surface area contributed by atoms with E-state index in [9.17, 15) is 18.4 Å². The van der Waals surface area contributed by atoms with E-state index in [4.69, 9.17) is 0 Å². The maximum Gasteiger partial charge on any atom is 0.254 e. The van der Waals surface area contributed by atoms with Crippen LogP contribution in [0.4, 0.5) is 14.5 Å². The van der Waals surface area contributed by atoms with Gasteiger partial charge in [-0.1, -0.05) is 6.07 Å². The van der Waals surface area contributed by atoms with Gasteiger partial charge in [-0.25, -0.2) is 8.78 Å². The minimum absolute atomic E-state index is 0.0258. The van der Waals surface area contributed by atoms with Crippen LogP contribution in [-0.2, 0) is 9.59 Å². The third-order valence-corrected chi connectivity index (χ3v) is 5.96. The number of halogens is 2. The zero-order valence-corrected chi connectivity index (χ0v) is 16.0. The summed E-state index contributed by atoms with van der Waals surface area (Å²) in [6.07, 6.45) is 1.97. The summed E-state index contributed by atoms with van der Waals surface area (Å²) < 4.78 is 27.2. The monoisotopic (exact) mass is 400 g/mol. The molecule has 1 aromatic carbocycles. The quantitative estimate of drug-likeness (QED) is 0.790. The van der Waals surface area contributed by atoms with Gasteiger partial charge in [0.05, 0.1) is 11.6 Å². The summed E-state index contributed by atoms with van der Waals surface area (Å²) in [6.45, 7) is 1.78. The lowest BCUT2D eigenvalue weighted by atomic mass is 9.77. The maximum atomic E-state index is 14.0. The number of rotatable bonds is 3. The number of carbonyl (C=O) groups is 2. The highest BCUT2D eigenvalue weighted by molar-refractivity contribution is 7.10. The Morgan fingerprint density at radius 3 is 2.79 bits per heavy atom. The van der Waals surface area contributed by atoms with Crippen LogP contribution in [0, 0.1) is 11.6 Å². The zero-order chi connectivity index (χ0) is 19.8. The van der Waals surface area contributed by atoms with Gasteiger partial charge in [-0.2, -0.15) is 0 Å². The van der Waals surface area contributed by atoms with Crippen molar-refractivity contribution in [2.75, 3.05) is 5.32 Å². The molecular weight excluding hydrogens is 382 g/mol. The summed E-state index contributed by atoms with van der Waals surface area (Å²) in [5.74, 6) is -2.55. The number of carbonyl (C=O) groups excluding carboxylic acids is 2. The molecule has 1 atom stereocenters. The Hall–Kier alpha value is -2.80. The average molecular weight is 400 g/mol. The first-order valence-electron chi connectivity index (χ1n) is 8.99. The normalized spacial score (nSPS) is 19.4. The largest absolute Gasteiger partial charge is 0.362 e. The van der Waals surface area contributed by atoms with E-state index >= 15 is 0 Å². The predicted octanol–water partition coefficient (Wildman–Crippen LogP) is 4.63. The van der Waals surface area contributed by atoms with Crippen molar-refractivity contribution < 1.29 is 18.4 Å². The second-order valence-corrected chi connectivity index (χ2v) is 7.84. The SMILES string of the molecule is CC1=C(C(=O)Nc2ccc(F)cc2F)[C@@H](c2cccs2)C2=C(CCCC2=O)N1. The average Bonchev–Trinajstić information content (AvgIpc) is 3.17. The van der Waals surface area contributed by atoms with Crippen LogP contribution in [0.3, 0.4) is 0 Å². The molecule has 0 saturated heterocycles. The van der Waals surface area contributed by atoms with Gasteiger partial charge in [-0.15, -0.1) is 11.3 Å². The molecule has 28 heavy (non-hydrogen) atoms. The molecule has 1 aliphatic carbocycles. The van der Waals surface area contributed by atoms with Crippen LogP contribution in [0.5, 0.6) is 0 Å². The molecule has 2 aromatic rings. The van der Waals surface area contributed by atoms with Gasteiger partial charge in [-0.3, -0.25) is 9.59 Å². The van der Waals surface area contributed by atoms with Gasteiger partial charge in [-0.05, 0) is 43.3 Å².